The highest BCUT2D eigenvalue weighted by molar-refractivity contribution is 5.92. The Balaban J connectivity index is 1.37. The molecule has 2 amide bonds. The summed E-state index contributed by atoms with van der Waals surface area (Å²) in [7, 11) is 0. The molecule has 0 unspecified atom stereocenters. The Morgan fingerprint density at radius 1 is 1.11 bits per heavy atom. The molecule has 1 aromatic carbocycles. The fourth-order valence-corrected chi connectivity index (χ4v) is 6.21. The molecule has 2 aromatic rings. The van der Waals surface area contributed by atoms with Crippen LogP contribution in [0.25, 0.3) is 0 Å². The maximum atomic E-state index is 13.3. The van der Waals surface area contributed by atoms with E-state index in [0.29, 0.717) is 31.5 Å². The molecule has 0 spiro atoms. The number of aryl methyl sites for hydroxylation is 2. The number of aromatic nitrogens is 3. The Kier molecular flexibility index (Phi) is 6.92. The number of hydrogen-bond acceptors (Lipinski definition) is 4. The van der Waals surface area contributed by atoms with E-state index in [-0.39, 0.29) is 23.7 Å². The Bertz CT molecular complexity index is 1120. The first-order chi connectivity index (χ1) is 17.2. The number of anilines is 1. The van der Waals surface area contributed by atoms with Gasteiger partial charge < -0.3 is 14.8 Å². The minimum atomic E-state index is -0.0419. The Hall–Kier alpha value is -2.70. The molecule has 3 aliphatic rings. The molecule has 2 aliphatic carbocycles. The number of amides is 2. The molecule has 0 bridgehead atoms. The van der Waals surface area contributed by atoms with Gasteiger partial charge in [0.2, 0.25) is 11.8 Å². The van der Waals surface area contributed by atoms with E-state index in [2.05, 4.69) is 36.7 Å². The van der Waals surface area contributed by atoms with Crippen LogP contribution in [0.4, 0.5) is 5.69 Å². The number of nitrogens with one attached hydrogen (secondary N) is 1. The van der Waals surface area contributed by atoms with Crippen LogP contribution in [0.3, 0.4) is 0 Å². The highest BCUT2D eigenvalue weighted by atomic mass is 16.2. The minimum Gasteiger partial charge on any atom is -0.342 e. The van der Waals surface area contributed by atoms with Gasteiger partial charge in [0.15, 0.2) is 0 Å². The van der Waals surface area contributed by atoms with E-state index in [1.54, 1.807) is 6.92 Å². The number of hydrogen-bond donors (Lipinski definition) is 1. The standard InChI is InChI=1S/C29H41N5O2/c1-17(2)10-21-12-22(13-21)28-31-32-29(34(28)24-7-8-24)25(23-15-33(16-23)20(5)35)14-27(36)30-26-9-6-18(3)11-19(26)4/h6,9,11,17,21-25H,7-8,10,12-16H2,1-5H3,(H,30,36)/t21?,22?,25-/m0/s1. The molecule has 36 heavy (non-hydrogen) atoms. The molecule has 7 heteroatoms. The van der Waals surface area contributed by atoms with Crippen LogP contribution >= 0.6 is 0 Å². The van der Waals surface area contributed by atoms with Crippen LogP contribution < -0.4 is 5.32 Å². The van der Waals surface area contributed by atoms with Gasteiger partial charge in [-0.1, -0.05) is 31.5 Å². The Morgan fingerprint density at radius 3 is 2.44 bits per heavy atom. The molecule has 1 N–H and O–H groups in total. The maximum absolute atomic E-state index is 13.3. The van der Waals surface area contributed by atoms with E-state index in [4.69, 9.17) is 10.2 Å². The third kappa shape index (κ3) is 5.21. The largest absolute Gasteiger partial charge is 0.342 e. The lowest BCUT2D eigenvalue weighted by Gasteiger charge is -2.42. The topological polar surface area (TPSA) is 80.1 Å². The van der Waals surface area contributed by atoms with Crippen LogP contribution in [0.2, 0.25) is 0 Å². The van der Waals surface area contributed by atoms with Gasteiger partial charge in [-0.2, -0.15) is 0 Å². The zero-order valence-corrected chi connectivity index (χ0v) is 22.5. The van der Waals surface area contributed by atoms with Crippen LogP contribution in [0, 0.1) is 31.6 Å². The zero-order chi connectivity index (χ0) is 25.6. The number of rotatable bonds is 9. The number of likely N-dealkylation sites (tertiary alicyclic amines) is 1. The van der Waals surface area contributed by atoms with E-state index < -0.39 is 0 Å². The second kappa shape index (κ2) is 9.98. The molecular formula is C29H41N5O2. The van der Waals surface area contributed by atoms with Crippen LogP contribution in [0.1, 0.15) is 99.9 Å². The predicted molar refractivity (Wildman–Crippen MR) is 141 cm³/mol. The lowest BCUT2D eigenvalue weighted by Crippen LogP contribution is -2.52. The average Bonchev–Trinajstić information content (AvgIpc) is 3.49. The van der Waals surface area contributed by atoms with Crippen molar-refractivity contribution < 1.29 is 9.59 Å². The van der Waals surface area contributed by atoms with Gasteiger partial charge in [-0.15, -0.1) is 10.2 Å². The number of benzene rings is 1. The summed E-state index contributed by atoms with van der Waals surface area (Å²) in [6.45, 7) is 11.7. The van der Waals surface area contributed by atoms with Gasteiger partial charge in [0.1, 0.15) is 11.6 Å². The fourth-order valence-electron chi connectivity index (χ4n) is 6.21. The number of nitrogens with zero attached hydrogens (tertiary/aromatic N) is 4. The van der Waals surface area contributed by atoms with Gasteiger partial charge in [0.25, 0.3) is 0 Å². The first-order valence-electron chi connectivity index (χ1n) is 13.8. The van der Waals surface area contributed by atoms with Crippen molar-refractivity contribution in [3.05, 3.63) is 41.0 Å². The van der Waals surface area contributed by atoms with Crippen LogP contribution in [-0.2, 0) is 9.59 Å². The molecule has 2 saturated carbocycles. The van der Waals surface area contributed by atoms with Crippen molar-refractivity contribution in [1.82, 2.24) is 19.7 Å². The molecule has 0 radical (unpaired) electrons. The van der Waals surface area contributed by atoms with Gasteiger partial charge in [-0.3, -0.25) is 9.59 Å². The van der Waals surface area contributed by atoms with Gasteiger partial charge in [-0.05, 0) is 69.4 Å². The summed E-state index contributed by atoms with van der Waals surface area (Å²) in [6, 6.07) is 6.55. The minimum absolute atomic E-state index is 0.000710. The van der Waals surface area contributed by atoms with E-state index in [0.717, 1.165) is 47.6 Å². The molecule has 2 heterocycles. The van der Waals surface area contributed by atoms with Crippen molar-refractivity contribution in [1.29, 1.82) is 0 Å². The van der Waals surface area contributed by atoms with Crippen molar-refractivity contribution in [2.24, 2.45) is 17.8 Å². The van der Waals surface area contributed by atoms with Gasteiger partial charge >= 0.3 is 0 Å². The van der Waals surface area contributed by atoms with Gasteiger partial charge in [0, 0.05) is 55.9 Å². The molecule has 1 saturated heterocycles. The summed E-state index contributed by atoms with van der Waals surface area (Å²) in [5.41, 5.74) is 3.10. The number of carbonyl (C=O) groups excluding carboxylic acids is 2. The van der Waals surface area contributed by atoms with Gasteiger partial charge in [-0.25, -0.2) is 0 Å². The summed E-state index contributed by atoms with van der Waals surface area (Å²) < 4.78 is 2.40. The summed E-state index contributed by atoms with van der Waals surface area (Å²) >= 11 is 0. The van der Waals surface area contributed by atoms with E-state index >= 15 is 0 Å². The highest BCUT2D eigenvalue weighted by Crippen LogP contribution is 2.48. The van der Waals surface area contributed by atoms with Crippen molar-refractivity contribution in [3.63, 3.8) is 0 Å². The van der Waals surface area contributed by atoms with E-state index in [1.165, 1.54) is 24.8 Å². The van der Waals surface area contributed by atoms with Crippen LogP contribution in [0.15, 0.2) is 18.2 Å². The fraction of sp³-hybridized carbons (Fsp3) is 0.655. The average molecular weight is 492 g/mol. The van der Waals surface area contributed by atoms with E-state index in [9.17, 15) is 9.59 Å². The first kappa shape index (κ1) is 25.0. The lowest BCUT2D eigenvalue weighted by molar-refractivity contribution is -0.135. The summed E-state index contributed by atoms with van der Waals surface area (Å²) in [5, 5.41) is 12.6. The highest BCUT2D eigenvalue weighted by Gasteiger charge is 2.43. The predicted octanol–water partition coefficient (Wildman–Crippen LogP) is 5.36. The molecule has 1 aliphatic heterocycles. The summed E-state index contributed by atoms with van der Waals surface area (Å²) in [4.78, 5) is 27.1. The maximum Gasteiger partial charge on any atom is 0.225 e. The van der Waals surface area contributed by atoms with Crippen molar-refractivity contribution >= 4 is 17.5 Å². The number of carbonyl (C=O) groups is 2. The van der Waals surface area contributed by atoms with Crippen LogP contribution in [0.5, 0.6) is 0 Å². The quantitative estimate of drug-likeness (QED) is 0.512. The van der Waals surface area contributed by atoms with Crippen molar-refractivity contribution in [2.45, 2.75) is 91.0 Å². The third-order valence-electron chi connectivity index (χ3n) is 8.38. The van der Waals surface area contributed by atoms with Gasteiger partial charge in [0.05, 0.1) is 0 Å². The van der Waals surface area contributed by atoms with Crippen molar-refractivity contribution in [3.8, 4) is 0 Å². The first-order valence-corrected chi connectivity index (χ1v) is 13.8. The SMILES string of the molecule is CC(=O)N1CC([C@H](CC(=O)Nc2ccc(C)cc2C)c2nnc(C3CC(CC(C)C)C3)n2C2CC2)C1. The summed E-state index contributed by atoms with van der Waals surface area (Å²) in [5.74, 6) is 4.38. The third-order valence-corrected chi connectivity index (χ3v) is 8.38. The lowest BCUT2D eigenvalue weighted by atomic mass is 9.71. The van der Waals surface area contributed by atoms with E-state index in [1.807, 2.05) is 24.0 Å². The molecule has 1 atom stereocenters. The zero-order valence-electron chi connectivity index (χ0n) is 22.5. The Morgan fingerprint density at radius 2 is 1.83 bits per heavy atom. The molecular weight excluding hydrogens is 450 g/mol. The molecule has 7 nitrogen and oxygen atoms in total. The molecule has 3 fully saturated rings. The smallest absolute Gasteiger partial charge is 0.225 e. The van der Waals surface area contributed by atoms with Crippen molar-refractivity contribution in [2.75, 3.05) is 18.4 Å². The van der Waals surface area contributed by atoms with Crippen LogP contribution in [-0.4, -0.2) is 44.6 Å². The Labute approximate surface area is 215 Å². The second-order valence-corrected chi connectivity index (χ2v) is 12.0. The normalized spacial score (nSPS) is 22.8. The monoisotopic (exact) mass is 491 g/mol. The second-order valence-electron chi connectivity index (χ2n) is 12.0. The molecule has 5 rings (SSSR count). The summed E-state index contributed by atoms with van der Waals surface area (Å²) in [6.07, 6.45) is 6.35. The molecule has 194 valence electrons. The molecule has 1 aromatic heterocycles.